The van der Waals surface area contributed by atoms with Crippen LogP contribution in [-0.4, -0.2) is 31.7 Å². The number of hydrogen-bond acceptors (Lipinski definition) is 3. The van der Waals surface area contributed by atoms with Gasteiger partial charge in [-0.15, -0.1) is 0 Å². The van der Waals surface area contributed by atoms with Crippen LogP contribution in [0.25, 0.3) is 0 Å². The molecule has 1 atom stereocenters. The maximum atomic E-state index is 13.1. The lowest BCUT2D eigenvalue weighted by Gasteiger charge is -2.13. The van der Waals surface area contributed by atoms with E-state index in [0.29, 0.717) is 17.7 Å². The Morgan fingerprint density at radius 1 is 1.50 bits per heavy atom. The predicted molar refractivity (Wildman–Crippen MR) is 72.6 cm³/mol. The average molecular weight is 301 g/mol. The van der Waals surface area contributed by atoms with Gasteiger partial charge in [0.25, 0.3) is 10.2 Å². The van der Waals surface area contributed by atoms with Gasteiger partial charge in [-0.3, -0.25) is 4.79 Å². The van der Waals surface area contributed by atoms with Crippen LogP contribution in [0.4, 0.5) is 10.1 Å². The van der Waals surface area contributed by atoms with E-state index in [1.807, 2.05) is 0 Å². The number of amides is 1. The fourth-order valence-electron chi connectivity index (χ4n) is 2.14. The summed E-state index contributed by atoms with van der Waals surface area (Å²) < 4.78 is 36.5. The van der Waals surface area contributed by atoms with Crippen molar-refractivity contribution in [3.63, 3.8) is 0 Å². The lowest BCUT2D eigenvalue weighted by atomic mass is 10.1. The Balaban J connectivity index is 2.01. The van der Waals surface area contributed by atoms with E-state index in [1.165, 1.54) is 18.2 Å². The number of nitrogens with one attached hydrogen (secondary N) is 1. The van der Waals surface area contributed by atoms with E-state index in [4.69, 9.17) is 5.14 Å². The minimum Gasteiger partial charge on any atom is -0.326 e. The molecule has 2 rings (SSSR count). The summed E-state index contributed by atoms with van der Waals surface area (Å²) >= 11 is 0. The van der Waals surface area contributed by atoms with Gasteiger partial charge in [0.15, 0.2) is 0 Å². The minimum absolute atomic E-state index is 0.0742. The van der Waals surface area contributed by atoms with Crippen LogP contribution in [0.3, 0.4) is 0 Å². The highest BCUT2D eigenvalue weighted by atomic mass is 32.2. The third-order valence-electron chi connectivity index (χ3n) is 3.31. The van der Waals surface area contributed by atoms with Gasteiger partial charge in [-0.05, 0) is 37.1 Å². The highest BCUT2D eigenvalue weighted by Crippen LogP contribution is 2.21. The fourth-order valence-corrected chi connectivity index (χ4v) is 2.89. The molecule has 1 amide bonds. The lowest BCUT2D eigenvalue weighted by Crippen LogP contribution is -2.36. The van der Waals surface area contributed by atoms with Crippen LogP contribution in [0.15, 0.2) is 18.2 Å². The summed E-state index contributed by atoms with van der Waals surface area (Å²) in [6.45, 7) is 1.91. The van der Waals surface area contributed by atoms with Crippen molar-refractivity contribution < 1.29 is 17.6 Å². The summed E-state index contributed by atoms with van der Waals surface area (Å²) in [5.74, 6) is -1.08. The van der Waals surface area contributed by atoms with E-state index < -0.39 is 16.1 Å². The van der Waals surface area contributed by atoms with Crippen molar-refractivity contribution in [2.45, 2.75) is 13.3 Å². The van der Waals surface area contributed by atoms with Crippen LogP contribution < -0.4 is 10.5 Å². The van der Waals surface area contributed by atoms with Crippen LogP contribution in [-0.2, 0) is 15.0 Å². The van der Waals surface area contributed by atoms with E-state index in [0.717, 1.165) is 4.31 Å². The number of rotatable bonds is 3. The van der Waals surface area contributed by atoms with E-state index in [2.05, 4.69) is 5.32 Å². The zero-order chi connectivity index (χ0) is 14.9. The molecule has 0 bridgehead atoms. The smallest absolute Gasteiger partial charge is 0.276 e. The first-order chi connectivity index (χ1) is 9.27. The Morgan fingerprint density at radius 3 is 2.75 bits per heavy atom. The molecule has 1 fully saturated rings. The van der Waals surface area contributed by atoms with Crippen LogP contribution in [0.1, 0.15) is 12.0 Å². The summed E-state index contributed by atoms with van der Waals surface area (Å²) in [5, 5.41) is 7.67. The standard InChI is InChI=1S/C12H16FN3O3S/c1-8-6-10(2-3-11(8)13)15-12(17)9-4-5-16(7-9)20(14,18)19/h2-3,6,9H,4-5,7H2,1H3,(H,15,17)(H2,14,18,19)/t9-/m0/s1. The molecule has 1 aliphatic rings. The molecular weight excluding hydrogens is 285 g/mol. The van der Waals surface area contributed by atoms with Gasteiger partial charge in [0.1, 0.15) is 5.82 Å². The Hall–Kier alpha value is -1.51. The van der Waals surface area contributed by atoms with Crippen LogP contribution >= 0.6 is 0 Å². The number of nitrogens with zero attached hydrogens (tertiary/aromatic N) is 1. The summed E-state index contributed by atoms with van der Waals surface area (Å²) in [4.78, 5) is 12.0. The van der Waals surface area contributed by atoms with Crippen molar-refractivity contribution in [3.8, 4) is 0 Å². The molecule has 1 saturated heterocycles. The van der Waals surface area contributed by atoms with Crippen molar-refractivity contribution in [1.29, 1.82) is 0 Å². The molecule has 0 spiro atoms. The molecule has 1 aromatic rings. The molecule has 0 saturated carbocycles. The number of hydrogen-bond donors (Lipinski definition) is 2. The number of aryl methyl sites for hydroxylation is 1. The maximum absolute atomic E-state index is 13.1. The molecular formula is C12H16FN3O3S. The van der Waals surface area contributed by atoms with Crippen LogP contribution in [0, 0.1) is 18.7 Å². The molecule has 20 heavy (non-hydrogen) atoms. The van der Waals surface area contributed by atoms with E-state index in [9.17, 15) is 17.6 Å². The molecule has 8 heteroatoms. The van der Waals surface area contributed by atoms with Crippen molar-refractivity contribution in [3.05, 3.63) is 29.6 Å². The lowest BCUT2D eigenvalue weighted by molar-refractivity contribution is -0.119. The van der Waals surface area contributed by atoms with E-state index >= 15 is 0 Å². The molecule has 1 heterocycles. The topological polar surface area (TPSA) is 92.5 Å². The van der Waals surface area contributed by atoms with Gasteiger partial charge >= 0.3 is 0 Å². The molecule has 0 radical (unpaired) electrons. The van der Waals surface area contributed by atoms with Crippen molar-refractivity contribution in [2.24, 2.45) is 11.1 Å². The molecule has 1 aliphatic heterocycles. The molecule has 3 N–H and O–H groups in total. The zero-order valence-electron chi connectivity index (χ0n) is 11.0. The number of carbonyl (C=O) groups is 1. The molecule has 0 aromatic heterocycles. The largest absolute Gasteiger partial charge is 0.326 e. The number of benzene rings is 1. The fraction of sp³-hybridized carbons (Fsp3) is 0.417. The first-order valence-electron chi connectivity index (χ1n) is 6.12. The van der Waals surface area contributed by atoms with Gasteiger partial charge in [-0.2, -0.15) is 12.7 Å². The van der Waals surface area contributed by atoms with E-state index in [1.54, 1.807) is 6.92 Å². The molecule has 110 valence electrons. The minimum atomic E-state index is -3.75. The molecule has 0 unspecified atom stereocenters. The number of anilines is 1. The Kier molecular flexibility index (Phi) is 4.07. The zero-order valence-corrected chi connectivity index (χ0v) is 11.8. The number of nitrogens with two attached hydrogens (primary N) is 1. The van der Waals surface area contributed by atoms with Gasteiger partial charge in [-0.1, -0.05) is 0 Å². The second kappa shape index (κ2) is 5.47. The SMILES string of the molecule is Cc1cc(NC(=O)[C@H]2CCN(S(N)(=O)=O)C2)ccc1F. The first kappa shape index (κ1) is 14.9. The van der Waals surface area contributed by atoms with Gasteiger partial charge < -0.3 is 5.32 Å². The van der Waals surface area contributed by atoms with Crippen molar-refractivity contribution >= 4 is 21.8 Å². The maximum Gasteiger partial charge on any atom is 0.276 e. The molecule has 0 aliphatic carbocycles. The Labute approximate surface area is 116 Å². The predicted octanol–water partition coefficient (Wildman–Crippen LogP) is 0.598. The van der Waals surface area contributed by atoms with Crippen LogP contribution in [0.5, 0.6) is 0 Å². The number of halogens is 1. The van der Waals surface area contributed by atoms with Crippen molar-refractivity contribution in [1.82, 2.24) is 4.31 Å². The third-order valence-corrected chi connectivity index (χ3v) is 4.36. The van der Waals surface area contributed by atoms with Gasteiger partial charge in [-0.25, -0.2) is 9.53 Å². The Bertz CT molecular complexity index is 633. The van der Waals surface area contributed by atoms with Gasteiger partial charge in [0.2, 0.25) is 5.91 Å². The summed E-state index contributed by atoms with van der Waals surface area (Å²) in [7, 11) is -3.75. The number of carbonyl (C=O) groups excluding carboxylic acids is 1. The normalized spacial score (nSPS) is 20.1. The summed E-state index contributed by atoms with van der Waals surface area (Å²) in [6, 6.07) is 4.27. The molecule has 1 aromatic carbocycles. The monoisotopic (exact) mass is 301 g/mol. The first-order valence-corrected chi connectivity index (χ1v) is 7.62. The second-order valence-corrected chi connectivity index (χ2v) is 6.39. The highest BCUT2D eigenvalue weighted by Gasteiger charge is 2.33. The molecule has 6 nitrogen and oxygen atoms in total. The van der Waals surface area contributed by atoms with Gasteiger partial charge in [0, 0.05) is 18.8 Å². The third kappa shape index (κ3) is 3.33. The average Bonchev–Trinajstić information content (AvgIpc) is 2.83. The van der Waals surface area contributed by atoms with E-state index in [-0.39, 0.29) is 24.8 Å². The van der Waals surface area contributed by atoms with Crippen molar-refractivity contribution in [2.75, 3.05) is 18.4 Å². The summed E-state index contributed by atoms with van der Waals surface area (Å²) in [5.41, 5.74) is 0.920. The quantitative estimate of drug-likeness (QED) is 0.856. The van der Waals surface area contributed by atoms with Crippen LogP contribution in [0.2, 0.25) is 0 Å². The summed E-state index contributed by atoms with van der Waals surface area (Å²) in [6.07, 6.45) is 0.419. The van der Waals surface area contributed by atoms with Gasteiger partial charge in [0.05, 0.1) is 5.92 Å². The Morgan fingerprint density at radius 2 is 2.20 bits per heavy atom. The highest BCUT2D eigenvalue weighted by molar-refractivity contribution is 7.86. The second-order valence-electron chi connectivity index (χ2n) is 4.84.